The van der Waals surface area contributed by atoms with Crippen LogP contribution in [0.4, 0.5) is 0 Å². The van der Waals surface area contributed by atoms with Gasteiger partial charge in [0.05, 0.1) is 5.76 Å². The Hall–Kier alpha value is -1.81. The molecular weight excluding hydrogens is 499 g/mol. The van der Waals surface area contributed by atoms with Gasteiger partial charge >= 0.3 is 0 Å². The number of nitrogens with one attached hydrogen (secondary N) is 1. The van der Waals surface area contributed by atoms with Gasteiger partial charge in [0.1, 0.15) is 0 Å². The van der Waals surface area contributed by atoms with Gasteiger partial charge in [-0.05, 0) is 38.2 Å². The number of aromatic nitrogens is 1. The van der Waals surface area contributed by atoms with E-state index in [1.54, 1.807) is 6.20 Å². The van der Waals surface area contributed by atoms with Crippen molar-refractivity contribution in [3.8, 4) is 11.3 Å². The predicted molar refractivity (Wildman–Crippen MR) is 94.3 cm³/mol. The first-order valence-corrected chi connectivity index (χ1v) is 7.56. The average molecular weight is 522 g/mol. The fourth-order valence-corrected chi connectivity index (χ4v) is 2.06. The van der Waals surface area contributed by atoms with E-state index in [4.69, 9.17) is 5.11 Å². The summed E-state index contributed by atoms with van der Waals surface area (Å²) in [6.45, 7) is 3.66. The monoisotopic (exact) mass is 522 g/mol. The molecule has 2 rings (SSSR count). The SMILES string of the molecule is CC(=O)/C=C(/C)O.CNCc1ccnc(-c2[c-]cccc2CO)c1.[Pt]. The van der Waals surface area contributed by atoms with Crippen molar-refractivity contribution in [3.05, 3.63) is 65.6 Å². The van der Waals surface area contributed by atoms with Crippen LogP contribution in [0.15, 0.2) is 48.4 Å². The Morgan fingerprint density at radius 2 is 2.08 bits per heavy atom. The van der Waals surface area contributed by atoms with Crippen molar-refractivity contribution in [3.63, 3.8) is 0 Å². The number of aliphatic hydroxyl groups is 2. The van der Waals surface area contributed by atoms with Crippen molar-refractivity contribution in [2.24, 2.45) is 0 Å². The van der Waals surface area contributed by atoms with Crippen LogP contribution in [0.2, 0.25) is 0 Å². The smallest absolute Gasteiger partial charge is 0.155 e. The van der Waals surface area contributed by atoms with E-state index in [9.17, 15) is 9.90 Å². The average Bonchev–Trinajstić information content (AvgIpc) is 2.54. The summed E-state index contributed by atoms with van der Waals surface area (Å²) in [5.41, 5.74) is 3.73. The number of hydrogen-bond donors (Lipinski definition) is 3. The molecule has 2 aromatic rings. The minimum Gasteiger partial charge on any atom is -0.512 e. The summed E-state index contributed by atoms with van der Waals surface area (Å²) in [7, 11) is 1.91. The Labute approximate surface area is 163 Å². The first-order chi connectivity index (χ1) is 11.5. The molecule has 0 radical (unpaired) electrons. The topological polar surface area (TPSA) is 82.5 Å². The molecule has 5 nitrogen and oxygen atoms in total. The molecule has 0 fully saturated rings. The van der Waals surface area contributed by atoms with E-state index in [2.05, 4.69) is 16.4 Å². The quantitative estimate of drug-likeness (QED) is 0.320. The van der Waals surface area contributed by atoms with Gasteiger partial charge in [0.2, 0.25) is 0 Å². The molecule has 0 bridgehead atoms. The van der Waals surface area contributed by atoms with Gasteiger partial charge in [-0.15, -0.1) is 35.4 Å². The summed E-state index contributed by atoms with van der Waals surface area (Å²) < 4.78 is 0. The van der Waals surface area contributed by atoms with Crippen molar-refractivity contribution < 1.29 is 36.1 Å². The Balaban J connectivity index is 0.000000620. The van der Waals surface area contributed by atoms with Crippen LogP contribution >= 0.6 is 0 Å². The number of ketones is 1. The van der Waals surface area contributed by atoms with Gasteiger partial charge in [-0.25, -0.2) is 0 Å². The fraction of sp³-hybridized carbons (Fsp3) is 0.263. The standard InChI is InChI=1S/C14H15N2O.C5H8O2.Pt/c1-15-9-11-6-7-16-14(8-11)13-5-3-2-4-12(13)10-17;1-4(6)3-5(2)7;/h2-4,6-8,15,17H,9-10H2,1H3;3,6H,1-2H3;/q-1;;/b;4-3-;. The molecule has 0 aliphatic heterocycles. The molecule has 0 unspecified atom stereocenters. The summed E-state index contributed by atoms with van der Waals surface area (Å²) in [6.07, 6.45) is 2.95. The van der Waals surface area contributed by atoms with Crippen LogP contribution < -0.4 is 5.32 Å². The number of carbonyl (C=O) groups excluding carboxylic acids is 1. The molecular formula is C19H23N2O3Pt-. The zero-order valence-electron chi connectivity index (χ0n) is 14.5. The maximum absolute atomic E-state index is 10.0. The minimum atomic E-state index is -0.125. The van der Waals surface area contributed by atoms with Crippen LogP contribution in [-0.4, -0.2) is 28.0 Å². The molecule has 1 aromatic carbocycles. The van der Waals surface area contributed by atoms with Crippen LogP contribution in [-0.2, 0) is 39.0 Å². The zero-order chi connectivity index (χ0) is 17.9. The normalized spacial score (nSPS) is 10.3. The van der Waals surface area contributed by atoms with E-state index in [-0.39, 0.29) is 39.2 Å². The summed E-state index contributed by atoms with van der Waals surface area (Å²) in [6, 6.07) is 12.7. The first kappa shape index (κ1) is 23.2. The first-order valence-electron chi connectivity index (χ1n) is 7.56. The van der Waals surface area contributed by atoms with E-state index >= 15 is 0 Å². The van der Waals surface area contributed by atoms with Gasteiger partial charge in [-0.1, -0.05) is 6.07 Å². The van der Waals surface area contributed by atoms with Gasteiger partial charge < -0.3 is 20.5 Å². The van der Waals surface area contributed by atoms with Crippen molar-refractivity contribution in [2.75, 3.05) is 7.05 Å². The number of aliphatic hydroxyl groups excluding tert-OH is 2. The third kappa shape index (κ3) is 8.73. The Kier molecular flexibility index (Phi) is 11.6. The Morgan fingerprint density at radius 3 is 2.60 bits per heavy atom. The van der Waals surface area contributed by atoms with Crippen LogP contribution in [0.25, 0.3) is 11.3 Å². The van der Waals surface area contributed by atoms with E-state index < -0.39 is 0 Å². The van der Waals surface area contributed by atoms with Crippen molar-refractivity contribution in [1.82, 2.24) is 10.3 Å². The van der Waals surface area contributed by atoms with Crippen LogP contribution in [0.3, 0.4) is 0 Å². The second kappa shape index (κ2) is 12.5. The number of benzene rings is 1. The van der Waals surface area contributed by atoms with E-state index in [1.165, 1.54) is 25.5 Å². The van der Waals surface area contributed by atoms with E-state index in [0.29, 0.717) is 0 Å². The fourth-order valence-electron chi connectivity index (χ4n) is 2.06. The summed E-state index contributed by atoms with van der Waals surface area (Å²) in [5, 5.41) is 20.8. The molecule has 3 N–H and O–H groups in total. The van der Waals surface area contributed by atoms with Gasteiger partial charge in [0.15, 0.2) is 5.78 Å². The number of pyridine rings is 1. The molecule has 0 saturated carbocycles. The maximum Gasteiger partial charge on any atom is 0.155 e. The molecule has 25 heavy (non-hydrogen) atoms. The van der Waals surface area contributed by atoms with Crippen molar-refractivity contribution >= 4 is 5.78 Å². The molecule has 1 heterocycles. The molecule has 0 saturated heterocycles. The third-order valence-electron chi connectivity index (χ3n) is 2.99. The molecule has 0 aliphatic carbocycles. The minimum absolute atomic E-state index is 0. The van der Waals surface area contributed by atoms with Gasteiger partial charge in [-0.3, -0.25) is 4.79 Å². The largest absolute Gasteiger partial charge is 0.512 e. The van der Waals surface area contributed by atoms with Gasteiger partial charge in [0, 0.05) is 46.5 Å². The van der Waals surface area contributed by atoms with Crippen LogP contribution in [0.5, 0.6) is 0 Å². The molecule has 138 valence electrons. The Bertz CT molecular complexity index is 699. The van der Waals surface area contributed by atoms with Crippen molar-refractivity contribution in [2.45, 2.75) is 27.0 Å². The molecule has 1 aromatic heterocycles. The van der Waals surface area contributed by atoms with Gasteiger partial charge in [-0.2, -0.15) is 0 Å². The second-order valence-electron chi connectivity index (χ2n) is 5.20. The summed E-state index contributed by atoms with van der Waals surface area (Å²) in [5.74, 6) is -0.0625. The number of hydrogen-bond acceptors (Lipinski definition) is 5. The number of allylic oxidation sites excluding steroid dienone is 2. The Morgan fingerprint density at radius 1 is 1.36 bits per heavy atom. The number of nitrogens with zero attached hydrogens (tertiary/aromatic N) is 1. The number of carbonyl (C=O) groups is 1. The molecule has 0 atom stereocenters. The predicted octanol–water partition coefficient (Wildman–Crippen LogP) is 2.80. The van der Waals surface area contributed by atoms with E-state index in [1.807, 2.05) is 37.4 Å². The summed E-state index contributed by atoms with van der Waals surface area (Å²) in [4.78, 5) is 14.3. The second-order valence-corrected chi connectivity index (χ2v) is 5.20. The van der Waals surface area contributed by atoms with Crippen molar-refractivity contribution in [1.29, 1.82) is 0 Å². The van der Waals surface area contributed by atoms with Gasteiger partial charge in [0.25, 0.3) is 0 Å². The molecule has 6 heteroatoms. The number of rotatable bonds is 5. The van der Waals surface area contributed by atoms with Crippen LogP contribution in [0.1, 0.15) is 25.0 Å². The third-order valence-corrected chi connectivity index (χ3v) is 2.99. The van der Waals surface area contributed by atoms with E-state index in [0.717, 1.165) is 23.4 Å². The summed E-state index contributed by atoms with van der Waals surface area (Å²) >= 11 is 0. The molecule has 0 aliphatic rings. The van der Waals surface area contributed by atoms with Crippen LogP contribution in [0, 0.1) is 6.07 Å². The molecule has 0 spiro atoms. The maximum atomic E-state index is 10.0. The molecule has 0 amide bonds. The zero-order valence-corrected chi connectivity index (χ0v) is 16.8.